The quantitative estimate of drug-likeness (QED) is 0.699. The average Bonchev–Trinajstić information content (AvgIpc) is 2.59. The maximum atomic E-state index is 11.0. The number of ether oxygens (including phenoxy) is 1. The summed E-state index contributed by atoms with van der Waals surface area (Å²) >= 11 is 0. The highest BCUT2D eigenvalue weighted by Crippen LogP contribution is 2.14. The number of halogens is 1. The van der Waals surface area contributed by atoms with Gasteiger partial charge in [0.1, 0.15) is 0 Å². The molecular weight excluding hydrogens is 244 g/mol. The molecule has 0 atom stereocenters. The van der Waals surface area contributed by atoms with Crippen LogP contribution in [0.15, 0.2) is 17.4 Å². The van der Waals surface area contributed by atoms with Crippen LogP contribution in [0, 0.1) is 0 Å². The first-order chi connectivity index (χ1) is 7.02. The molecule has 0 spiro atoms. The standard InChI is InChI=1S/C6H5ClN4O3S/c1-14-6-8-3-2-4-9-5(10-11(4)6)15(7,12)13/h2-3H,1H3. The van der Waals surface area contributed by atoms with Gasteiger partial charge in [0.2, 0.25) is 0 Å². The number of rotatable bonds is 2. The summed E-state index contributed by atoms with van der Waals surface area (Å²) in [5.41, 5.74) is 0.293. The van der Waals surface area contributed by atoms with E-state index in [0.717, 1.165) is 4.52 Å². The number of hydrogen-bond donors (Lipinski definition) is 0. The van der Waals surface area contributed by atoms with E-state index in [1.165, 1.54) is 19.4 Å². The van der Waals surface area contributed by atoms with E-state index in [4.69, 9.17) is 15.4 Å². The fraction of sp³-hybridized carbons (Fsp3) is 0.167. The van der Waals surface area contributed by atoms with Crippen molar-refractivity contribution >= 4 is 25.4 Å². The molecule has 0 aliphatic rings. The lowest BCUT2D eigenvalue weighted by Gasteiger charge is -1.97. The van der Waals surface area contributed by atoms with E-state index in [0.29, 0.717) is 5.65 Å². The smallest absolute Gasteiger partial charge is 0.319 e. The van der Waals surface area contributed by atoms with Gasteiger partial charge in [-0.2, -0.15) is 9.50 Å². The molecule has 7 nitrogen and oxygen atoms in total. The molecule has 80 valence electrons. The molecule has 0 aliphatic carbocycles. The van der Waals surface area contributed by atoms with Crippen LogP contribution in [0.25, 0.3) is 5.65 Å². The highest BCUT2D eigenvalue weighted by Gasteiger charge is 2.18. The molecule has 2 aromatic rings. The molecule has 0 unspecified atom stereocenters. The average molecular weight is 249 g/mol. The maximum Gasteiger partial charge on any atom is 0.319 e. The molecule has 2 aromatic heterocycles. The van der Waals surface area contributed by atoms with E-state index in [9.17, 15) is 8.42 Å². The molecule has 0 saturated carbocycles. The normalized spacial score (nSPS) is 11.9. The van der Waals surface area contributed by atoms with Crippen molar-refractivity contribution in [1.29, 1.82) is 0 Å². The van der Waals surface area contributed by atoms with Crippen LogP contribution >= 0.6 is 10.7 Å². The van der Waals surface area contributed by atoms with E-state index in [2.05, 4.69) is 15.1 Å². The summed E-state index contributed by atoms with van der Waals surface area (Å²) in [7, 11) is 2.54. The van der Waals surface area contributed by atoms with E-state index in [1.807, 2.05) is 0 Å². The first-order valence-corrected chi connectivity index (χ1v) is 6.04. The van der Waals surface area contributed by atoms with Crippen LogP contribution in [0.3, 0.4) is 0 Å². The van der Waals surface area contributed by atoms with Crippen molar-refractivity contribution in [1.82, 2.24) is 19.6 Å². The van der Waals surface area contributed by atoms with Crippen molar-refractivity contribution in [3.8, 4) is 6.01 Å². The van der Waals surface area contributed by atoms with Gasteiger partial charge in [-0.25, -0.2) is 13.4 Å². The summed E-state index contributed by atoms with van der Waals surface area (Å²) in [5, 5.41) is 3.18. The lowest BCUT2D eigenvalue weighted by molar-refractivity contribution is 0.366. The van der Waals surface area contributed by atoms with Crippen molar-refractivity contribution in [2.75, 3.05) is 7.11 Å². The molecule has 2 rings (SSSR count). The first kappa shape index (κ1) is 10.1. The summed E-state index contributed by atoms with van der Waals surface area (Å²) < 4.78 is 27.9. The van der Waals surface area contributed by atoms with Crippen molar-refractivity contribution < 1.29 is 13.2 Å². The van der Waals surface area contributed by atoms with Crippen LogP contribution in [-0.2, 0) is 9.05 Å². The monoisotopic (exact) mass is 248 g/mol. The SMILES string of the molecule is COc1nccc2nc(S(=O)(=O)Cl)nn12. The van der Waals surface area contributed by atoms with Gasteiger partial charge in [0.15, 0.2) is 5.65 Å². The maximum absolute atomic E-state index is 11.0. The summed E-state index contributed by atoms with van der Waals surface area (Å²) in [6, 6.07) is 1.62. The molecule has 15 heavy (non-hydrogen) atoms. The summed E-state index contributed by atoms with van der Waals surface area (Å²) in [6.07, 6.45) is 1.42. The summed E-state index contributed by atoms with van der Waals surface area (Å²) in [4.78, 5) is 7.53. The first-order valence-electron chi connectivity index (χ1n) is 3.73. The third-order valence-electron chi connectivity index (χ3n) is 1.60. The molecule has 0 saturated heterocycles. The lowest BCUT2D eigenvalue weighted by Crippen LogP contribution is -1.99. The molecule has 0 aromatic carbocycles. The van der Waals surface area contributed by atoms with Gasteiger partial charge in [0.05, 0.1) is 7.11 Å². The molecule has 0 radical (unpaired) electrons. The molecular formula is C6H5ClN4O3S. The van der Waals surface area contributed by atoms with Crippen LogP contribution in [0.1, 0.15) is 0 Å². The minimum absolute atomic E-state index is 0.131. The van der Waals surface area contributed by atoms with Crippen LogP contribution in [0.4, 0.5) is 0 Å². The van der Waals surface area contributed by atoms with Gasteiger partial charge in [0, 0.05) is 22.9 Å². The fourth-order valence-electron chi connectivity index (χ4n) is 1.02. The molecule has 0 fully saturated rings. The molecule has 2 heterocycles. The van der Waals surface area contributed by atoms with Crippen molar-refractivity contribution in [2.24, 2.45) is 0 Å². The zero-order valence-corrected chi connectivity index (χ0v) is 9.03. The second kappa shape index (κ2) is 3.31. The molecule has 0 amide bonds. The number of nitrogens with zero attached hydrogens (tertiary/aromatic N) is 4. The highest BCUT2D eigenvalue weighted by molar-refractivity contribution is 8.13. The Labute approximate surface area is 89.1 Å². The van der Waals surface area contributed by atoms with Crippen molar-refractivity contribution in [3.05, 3.63) is 12.3 Å². The Morgan fingerprint density at radius 1 is 1.53 bits per heavy atom. The molecule has 9 heteroatoms. The molecule has 0 N–H and O–H groups in total. The van der Waals surface area contributed by atoms with Gasteiger partial charge in [-0.15, -0.1) is 5.10 Å². The van der Waals surface area contributed by atoms with Gasteiger partial charge in [-0.3, -0.25) is 0 Å². The predicted molar refractivity (Wildman–Crippen MR) is 50.4 cm³/mol. The zero-order chi connectivity index (χ0) is 11.1. The van der Waals surface area contributed by atoms with Gasteiger partial charge < -0.3 is 4.74 Å². The third kappa shape index (κ3) is 1.73. The minimum Gasteiger partial charge on any atom is -0.467 e. The summed E-state index contributed by atoms with van der Waals surface area (Å²) in [5.74, 6) is 0. The largest absolute Gasteiger partial charge is 0.467 e. The van der Waals surface area contributed by atoms with Crippen molar-refractivity contribution in [3.63, 3.8) is 0 Å². The second-order valence-electron chi connectivity index (χ2n) is 2.53. The van der Waals surface area contributed by atoms with Crippen LogP contribution in [0.5, 0.6) is 6.01 Å². The van der Waals surface area contributed by atoms with Crippen LogP contribution < -0.4 is 4.74 Å². The fourth-order valence-corrected chi connectivity index (χ4v) is 1.60. The second-order valence-corrected chi connectivity index (χ2v) is 4.99. The third-order valence-corrected chi connectivity index (χ3v) is 2.63. The Morgan fingerprint density at radius 2 is 2.27 bits per heavy atom. The van der Waals surface area contributed by atoms with Gasteiger partial charge in [-0.05, 0) is 0 Å². The highest BCUT2D eigenvalue weighted by atomic mass is 35.7. The van der Waals surface area contributed by atoms with Gasteiger partial charge in [-0.1, -0.05) is 0 Å². The summed E-state index contributed by atoms with van der Waals surface area (Å²) in [6.45, 7) is 0. The lowest BCUT2D eigenvalue weighted by atomic mass is 10.6. The van der Waals surface area contributed by atoms with E-state index >= 15 is 0 Å². The number of methoxy groups -OCH3 is 1. The number of fused-ring (bicyclic) bond motifs is 1. The topological polar surface area (TPSA) is 86.5 Å². The Bertz CT molecular complexity index is 608. The molecule has 0 aliphatic heterocycles. The minimum atomic E-state index is -3.94. The zero-order valence-electron chi connectivity index (χ0n) is 7.45. The van der Waals surface area contributed by atoms with E-state index in [-0.39, 0.29) is 6.01 Å². The van der Waals surface area contributed by atoms with Crippen LogP contribution in [-0.4, -0.2) is 35.1 Å². The molecule has 0 bridgehead atoms. The van der Waals surface area contributed by atoms with Crippen LogP contribution in [0.2, 0.25) is 0 Å². The Balaban J connectivity index is 2.76. The Hall–Kier alpha value is -1.41. The van der Waals surface area contributed by atoms with Gasteiger partial charge in [0.25, 0.3) is 14.2 Å². The Morgan fingerprint density at radius 3 is 2.87 bits per heavy atom. The Kier molecular flexibility index (Phi) is 2.24. The van der Waals surface area contributed by atoms with E-state index in [1.54, 1.807) is 0 Å². The predicted octanol–water partition coefficient (Wildman–Crippen LogP) is 0.0604. The number of aromatic nitrogens is 4. The number of hydrogen-bond acceptors (Lipinski definition) is 6. The van der Waals surface area contributed by atoms with E-state index < -0.39 is 14.2 Å². The van der Waals surface area contributed by atoms with Crippen molar-refractivity contribution in [2.45, 2.75) is 5.16 Å². The van der Waals surface area contributed by atoms with Gasteiger partial charge >= 0.3 is 6.01 Å².